The summed E-state index contributed by atoms with van der Waals surface area (Å²) < 4.78 is 10.4. The molecule has 0 N–H and O–H groups in total. The lowest BCUT2D eigenvalue weighted by Gasteiger charge is -2.33. The fraction of sp³-hybridized carbons (Fsp3) is 0.875. The third-order valence-electron chi connectivity index (χ3n) is 3.74. The lowest BCUT2D eigenvalue weighted by atomic mass is 10.3. The maximum Gasteiger partial charge on any atom is 0.409 e. The van der Waals surface area contributed by atoms with E-state index in [0.717, 1.165) is 38.5 Å². The molecule has 22 heavy (non-hydrogen) atoms. The van der Waals surface area contributed by atoms with Crippen molar-refractivity contribution in [3.05, 3.63) is 0 Å². The SMILES string of the molecule is CCCCCOC(=O)N1CCN(C(=O)OCCCCC)CC1. The van der Waals surface area contributed by atoms with E-state index in [0.29, 0.717) is 39.4 Å². The third kappa shape index (κ3) is 7.00. The lowest BCUT2D eigenvalue weighted by Crippen LogP contribution is -2.50. The van der Waals surface area contributed by atoms with Crippen molar-refractivity contribution >= 4 is 12.2 Å². The Bertz CT molecular complexity index is 296. The van der Waals surface area contributed by atoms with Crippen LogP contribution in [0.25, 0.3) is 0 Å². The Hall–Kier alpha value is -1.46. The van der Waals surface area contributed by atoms with E-state index in [1.807, 2.05) is 0 Å². The highest BCUT2D eigenvalue weighted by Gasteiger charge is 2.25. The first-order valence-electron chi connectivity index (χ1n) is 8.52. The largest absolute Gasteiger partial charge is 0.449 e. The summed E-state index contributed by atoms with van der Waals surface area (Å²) in [6.45, 7) is 7.23. The van der Waals surface area contributed by atoms with Crippen molar-refractivity contribution in [1.82, 2.24) is 9.80 Å². The zero-order chi connectivity index (χ0) is 16.2. The summed E-state index contributed by atoms with van der Waals surface area (Å²) in [7, 11) is 0. The van der Waals surface area contributed by atoms with Crippen LogP contribution in [0.15, 0.2) is 0 Å². The number of nitrogens with zero attached hydrogens (tertiary/aromatic N) is 2. The van der Waals surface area contributed by atoms with Gasteiger partial charge < -0.3 is 19.3 Å². The molecular formula is C16H30N2O4. The van der Waals surface area contributed by atoms with Gasteiger partial charge in [-0.2, -0.15) is 0 Å². The van der Waals surface area contributed by atoms with E-state index in [1.54, 1.807) is 9.80 Å². The zero-order valence-corrected chi connectivity index (χ0v) is 14.0. The molecule has 6 nitrogen and oxygen atoms in total. The molecule has 1 fully saturated rings. The lowest BCUT2D eigenvalue weighted by molar-refractivity contribution is 0.0596. The minimum Gasteiger partial charge on any atom is -0.449 e. The Kier molecular flexibility index (Phi) is 9.42. The van der Waals surface area contributed by atoms with Crippen LogP contribution in [0.5, 0.6) is 0 Å². The number of amides is 2. The quantitative estimate of drug-likeness (QED) is 0.645. The summed E-state index contributed by atoms with van der Waals surface area (Å²) in [5.41, 5.74) is 0. The van der Waals surface area contributed by atoms with Gasteiger partial charge in [0.2, 0.25) is 0 Å². The average molecular weight is 314 g/mol. The number of unbranched alkanes of at least 4 members (excludes halogenated alkanes) is 4. The number of carbonyl (C=O) groups is 2. The first-order chi connectivity index (χ1) is 10.7. The van der Waals surface area contributed by atoms with Crippen LogP contribution in [0.1, 0.15) is 52.4 Å². The van der Waals surface area contributed by atoms with Gasteiger partial charge in [0.15, 0.2) is 0 Å². The van der Waals surface area contributed by atoms with Crippen LogP contribution in [0.3, 0.4) is 0 Å². The molecule has 0 aromatic heterocycles. The minimum atomic E-state index is -0.271. The molecule has 2 amide bonds. The Morgan fingerprint density at radius 3 is 1.41 bits per heavy atom. The molecule has 128 valence electrons. The molecule has 1 saturated heterocycles. The van der Waals surface area contributed by atoms with E-state index in [9.17, 15) is 9.59 Å². The molecule has 0 saturated carbocycles. The first kappa shape index (κ1) is 18.6. The van der Waals surface area contributed by atoms with E-state index in [1.165, 1.54) is 0 Å². The molecule has 0 radical (unpaired) electrons. The monoisotopic (exact) mass is 314 g/mol. The smallest absolute Gasteiger partial charge is 0.409 e. The maximum atomic E-state index is 11.9. The van der Waals surface area contributed by atoms with Gasteiger partial charge in [-0.3, -0.25) is 0 Å². The van der Waals surface area contributed by atoms with Crippen LogP contribution in [0, 0.1) is 0 Å². The maximum absolute atomic E-state index is 11.9. The summed E-state index contributed by atoms with van der Waals surface area (Å²) >= 11 is 0. The Morgan fingerprint density at radius 2 is 1.09 bits per heavy atom. The van der Waals surface area contributed by atoms with Crippen molar-refractivity contribution in [3.63, 3.8) is 0 Å². The van der Waals surface area contributed by atoms with E-state index < -0.39 is 0 Å². The van der Waals surface area contributed by atoms with Gasteiger partial charge in [0.25, 0.3) is 0 Å². The Morgan fingerprint density at radius 1 is 0.727 bits per heavy atom. The summed E-state index contributed by atoms with van der Waals surface area (Å²) in [6, 6.07) is 0. The van der Waals surface area contributed by atoms with Crippen molar-refractivity contribution in [3.8, 4) is 0 Å². The highest BCUT2D eigenvalue weighted by atomic mass is 16.6. The van der Waals surface area contributed by atoms with Crippen LogP contribution in [-0.4, -0.2) is 61.4 Å². The fourth-order valence-corrected chi connectivity index (χ4v) is 2.28. The minimum absolute atomic E-state index is 0.271. The first-order valence-corrected chi connectivity index (χ1v) is 8.52. The second kappa shape index (κ2) is 11.2. The summed E-state index contributed by atoms with van der Waals surface area (Å²) in [4.78, 5) is 27.0. The van der Waals surface area contributed by atoms with E-state index in [4.69, 9.17) is 9.47 Å². The Balaban J connectivity index is 2.16. The molecule has 0 spiro atoms. The highest BCUT2D eigenvalue weighted by Crippen LogP contribution is 2.07. The number of piperazine rings is 1. The van der Waals surface area contributed by atoms with Crippen LogP contribution < -0.4 is 0 Å². The predicted molar refractivity (Wildman–Crippen MR) is 84.9 cm³/mol. The molecule has 1 heterocycles. The van der Waals surface area contributed by atoms with Gasteiger partial charge in [0, 0.05) is 26.2 Å². The molecule has 1 rings (SSSR count). The number of hydrogen-bond donors (Lipinski definition) is 0. The molecule has 0 aliphatic carbocycles. The fourth-order valence-electron chi connectivity index (χ4n) is 2.28. The van der Waals surface area contributed by atoms with Gasteiger partial charge in [0.05, 0.1) is 13.2 Å². The highest BCUT2D eigenvalue weighted by molar-refractivity contribution is 5.70. The summed E-state index contributed by atoms with van der Waals surface area (Å²) in [5.74, 6) is 0. The summed E-state index contributed by atoms with van der Waals surface area (Å²) in [6.07, 6.45) is 5.64. The van der Waals surface area contributed by atoms with E-state index >= 15 is 0 Å². The van der Waals surface area contributed by atoms with Crippen molar-refractivity contribution in [2.45, 2.75) is 52.4 Å². The van der Waals surface area contributed by atoms with Crippen molar-refractivity contribution in [1.29, 1.82) is 0 Å². The second-order valence-corrected chi connectivity index (χ2v) is 5.62. The second-order valence-electron chi connectivity index (χ2n) is 5.62. The molecule has 0 aromatic carbocycles. The van der Waals surface area contributed by atoms with Gasteiger partial charge >= 0.3 is 12.2 Å². The predicted octanol–water partition coefficient (Wildman–Crippen LogP) is 3.26. The number of hydrogen-bond acceptors (Lipinski definition) is 4. The van der Waals surface area contributed by atoms with Crippen molar-refractivity contribution < 1.29 is 19.1 Å². The number of ether oxygens (including phenoxy) is 2. The van der Waals surface area contributed by atoms with Crippen LogP contribution in [0.2, 0.25) is 0 Å². The normalized spacial score (nSPS) is 14.8. The van der Waals surface area contributed by atoms with Crippen LogP contribution >= 0.6 is 0 Å². The standard InChI is InChI=1S/C16H30N2O4/c1-3-5-7-13-21-15(19)17-9-11-18(12-10-17)16(20)22-14-8-6-4-2/h3-14H2,1-2H3. The number of carbonyl (C=O) groups excluding carboxylic acids is 2. The van der Waals surface area contributed by atoms with Gasteiger partial charge in [-0.05, 0) is 12.8 Å². The van der Waals surface area contributed by atoms with Gasteiger partial charge in [-0.25, -0.2) is 9.59 Å². The van der Waals surface area contributed by atoms with Crippen molar-refractivity contribution in [2.24, 2.45) is 0 Å². The average Bonchev–Trinajstić information content (AvgIpc) is 2.55. The topological polar surface area (TPSA) is 59.1 Å². The van der Waals surface area contributed by atoms with E-state index in [2.05, 4.69) is 13.8 Å². The third-order valence-corrected chi connectivity index (χ3v) is 3.74. The van der Waals surface area contributed by atoms with E-state index in [-0.39, 0.29) is 12.2 Å². The molecule has 6 heteroatoms. The van der Waals surface area contributed by atoms with Gasteiger partial charge in [0.1, 0.15) is 0 Å². The number of rotatable bonds is 8. The van der Waals surface area contributed by atoms with Crippen molar-refractivity contribution in [2.75, 3.05) is 39.4 Å². The van der Waals surface area contributed by atoms with Crippen LogP contribution in [0.4, 0.5) is 9.59 Å². The molecule has 1 aliphatic rings. The molecular weight excluding hydrogens is 284 g/mol. The Labute approximate surface area is 133 Å². The van der Waals surface area contributed by atoms with Gasteiger partial charge in [-0.1, -0.05) is 39.5 Å². The van der Waals surface area contributed by atoms with Crippen LogP contribution in [-0.2, 0) is 9.47 Å². The molecule has 0 unspecified atom stereocenters. The molecule has 1 aliphatic heterocycles. The summed E-state index contributed by atoms with van der Waals surface area (Å²) in [5, 5.41) is 0. The van der Waals surface area contributed by atoms with Gasteiger partial charge in [-0.15, -0.1) is 0 Å². The zero-order valence-electron chi connectivity index (χ0n) is 14.0. The molecule has 0 atom stereocenters. The molecule has 0 aromatic rings. The molecule has 0 bridgehead atoms.